The normalized spacial score (nSPS) is 17.6. The highest BCUT2D eigenvalue weighted by Gasteiger charge is 2.37. The predicted octanol–water partition coefficient (Wildman–Crippen LogP) is 3.93. The number of aromatic nitrogens is 1. The van der Waals surface area contributed by atoms with Crippen LogP contribution in [0.5, 0.6) is 5.75 Å². The minimum Gasteiger partial charge on any atom is -0.481 e. The molecule has 0 aliphatic heterocycles. The maximum Gasteiger partial charge on any atom is 0.138 e. The summed E-state index contributed by atoms with van der Waals surface area (Å²) in [5, 5.41) is 0. The quantitative estimate of drug-likeness (QED) is 0.809. The molecule has 0 N–H and O–H groups in total. The molecule has 1 fully saturated rings. The minimum absolute atomic E-state index is 0.149. The first kappa shape index (κ1) is 11.3. The van der Waals surface area contributed by atoms with Crippen LogP contribution in [0.4, 0.5) is 0 Å². The molecular formula is C16H17NO. The summed E-state index contributed by atoms with van der Waals surface area (Å²) < 4.78 is 6.29. The molecule has 2 heteroatoms. The van der Waals surface area contributed by atoms with Crippen LogP contribution in [0.3, 0.4) is 0 Å². The zero-order valence-electron chi connectivity index (χ0n) is 10.4. The molecule has 0 bridgehead atoms. The molecule has 0 amide bonds. The van der Waals surface area contributed by atoms with E-state index in [1.807, 2.05) is 12.1 Å². The summed E-state index contributed by atoms with van der Waals surface area (Å²) in [7, 11) is 0. The van der Waals surface area contributed by atoms with Crippen molar-refractivity contribution in [3.05, 3.63) is 60.4 Å². The van der Waals surface area contributed by atoms with E-state index in [1.165, 1.54) is 18.4 Å². The summed E-state index contributed by atoms with van der Waals surface area (Å²) in [6.45, 7) is 0. The molecule has 1 aliphatic rings. The lowest BCUT2D eigenvalue weighted by Crippen LogP contribution is -2.29. The van der Waals surface area contributed by atoms with Crippen molar-refractivity contribution in [3.63, 3.8) is 0 Å². The van der Waals surface area contributed by atoms with E-state index in [-0.39, 0.29) is 5.60 Å². The third kappa shape index (κ3) is 2.10. The smallest absolute Gasteiger partial charge is 0.138 e. The van der Waals surface area contributed by atoms with Crippen LogP contribution >= 0.6 is 0 Å². The van der Waals surface area contributed by atoms with Crippen LogP contribution in [0.15, 0.2) is 54.9 Å². The molecule has 1 heterocycles. The summed E-state index contributed by atoms with van der Waals surface area (Å²) >= 11 is 0. The van der Waals surface area contributed by atoms with Crippen LogP contribution in [0.1, 0.15) is 31.2 Å². The fourth-order valence-electron chi connectivity index (χ4n) is 2.77. The lowest BCUT2D eigenvalue weighted by atomic mass is 9.92. The molecule has 0 saturated heterocycles. The van der Waals surface area contributed by atoms with E-state index in [0.29, 0.717) is 0 Å². The molecule has 0 atom stereocenters. The SMILES string of the molecule is c1ccc(C2(Oc3cccnc3)CCCC2)cc1. The van der Waals surface area contributed by atoms with E-state index < -0.39 is 0 Å². The first-order chi connectivity index (χ1) is 8.89. The number of benzene rings is 1. The second-order valence-electron chi connectivity index (χ2n) is 4.86. The van der Waals surface area contributed by atoms with Gasteiger partial charge in [-0.3, -0.25) is 4.98 Å². The van der Waals surface area contributed by atoms with Crippen molar-refractivity contribution >= 4 is 0 Å². The average molecular weight is 239 g/mol. The zero-order chi connectivity index (χ0) is 12.3. The molecule has 0 spiro atoms. The van der Waals surface area contributed by atoms with Crippen LogP contribution < -0.4 is 4.74 Å². The first-order valence-electron chi connectivity index (χ1n) is 6.54. The zero-order valence-corrected chi connectivity index (χ0v) is 10.4. The monoisotopic (exact) mass is 239 g/mol. The molecule has 1 aromatic carbocycles. The van der Waals surface area contributed by atoms with Crippen molar-refractivity contribution in [2.24, 2.45) is 0 Å². The van der Waals surface area contributed by atoms with E-state index >= 15 is 0 Å². The Bertz CT molecular complexity index is 489. The van der Waals surface area contributed by atoms with Crippen LogP contribution in [-0.2, 0) is 5.60 Å². The number of pyridine rings is 1. The van der Waals surface area contributed by atoms with Gasteiger partial charge in [-0.05, 0) is 43.4 Å². The largest absolute Gasteiger partial charge is 0.481 e. The Labute approximate surface area is 108 Å². The fourth-order valence-corrected chi connectivity index (χ4v) is 2.77. The Morgan fingerprint density at radius 1 is 0.944 bits per heavy atom. The Balaban J connectivity index is 1.93. The van der Waals surface area contributed by atoms with Gasteiger partial charge in [0.15, 0.2) is 0 Å². The van der Waals surface area contributed by atoms with Gasteiger partial charge in [0.05, 0.1) is 6.20 Å². The van der Waals surface area contributed by atoms with E-state index in [4.69, 9.17) is 4.74 Å². The fraction of sp³-hybridized carbons (Fsp3) is 0.312. The number of ether oxygens (including phenoxy) is 1. The van der Waals surface area contributed by atoms with Gasteiger partial charge in [-0.15, -0.1) is 0 Å². The third-order valence-corrected chi connectivity index (χ3v) is 3.66. The highest BCUT2D eigenvalue weighted by Crippen LogP contribution is 2.42. The van der Waals surface area contributed by atoms with Crippen LogP contribution in [0.25, 0.3) is 0 Å². The first-order valence-corrected chi connectivity index (χ1v) is 6.54. The summed E-state index contributed by atoms with van der Waals surface area (Å²) in [5.74, 6) is 0.864. The van der Waals surface area contributed by atoms with Crippen molar-refractivity contribution in [2.45, 2.75) is 31.3 Å². The highest BCUT2D eigenvalue weighted by molar-refractivity contribution is 5.27. The van der Waals surface area contributed by atoms with Gasteiger partial charge >= 0.3 is 0 Å². The second-order valence-corrected chi connectivity index (χ2v) is 4.86. The number of hydrogen-bond acceptors (Lipinski definition) is 2. The molecule has 92 valence electrons. The van der Waals surface area contributed by atoms with Gasteiger partial charge in [0.25, 0.3) is 0 Å². The molecule has 1 aliphatic carbocycles. The van der Waals surface area contributed by atoms with Gasteiger partial charge in [0.1, 0.15) is 11.4 Å². The lowest BCUT2D eigenvalue weighted by Gasteiger charge is -2.30. The number of rotatable bonds is 3. The Kier molecular flexibility index (Phi) is 3.01. The lowest BCUT2D eigenvalue weighted by molar-refractivity contribution is 0.0735. The minimum atomic E-state index is -0.149. The standard InChI is InChI=1S/C16H17NO/c1-2-7-14(8-3-1)16(10-4-5-11-16)18-15-9-6-12-17-13-15/h1-3,6-9,12-13H,4-5,10-11H2. The van der Waals surface area contributed by atoms with Gasteiger partial charge in [0.2, 0.25) is 0 Å². The average Bonchev–Trinajstić information content (AvgIpc) is 2.91. The third-order valence-electron chi connectivity index (χ3n) is 3.66. The topological polar surface area (TPSA) is 22.1 Å². The van der Waals surface area contributed by atoms with Gasteiger partial charge in [-0.25, -0.2) is 0 Å². The summed E-state index contributed by atoms with van der Waals surface area (Å²) in [6, 6.07) is 14.5. The number of nitrogens with zero attached hydrogens (tertiary/aromatic N) is 1. The van der Waals surface area contributed by atoms with Crippen molar-refractivity contribution in [2.75, 3.05) is 0 Å². The van der Waals surface area contributed by atoms with Gasteiger partial charge in [-0.1, -0.05) is 30.3 Å². The molecular weight excluding hydrogens is 222 g/mol. The Morgan fingerprint density at radius 3 is 2.39 bits per heavy atom. The number of hydrogen-bond donors (Lipinski definition) is 0. The van der Waals surface area contributed by atoms with Gasteiger partial charge in [0, 0.05) is 6.20 Å². The molecule has 2 aromatic rings. The van der Waals surface area contributed by atoms with Crippen molar-refractivity contribution < 1.29 is 4.74 Å². The Hall–Kier alpha value is -1.83. The van der Waals surface area contributed by atoms with E-state index in [9.17, 15) is 0 Å². The molecule has 0 radical (unpaired) electrons. The van der Waals surface area contributed by atoms with Gasteiger partial charge < -0.3 is 4.74 Å². The van der Waals surface area contributed by atoms with Crippen LogP contribution in [-0.4, -0.2) is 4.98 Å². The maximum atomic E-state index is 6.29. The van der Waals surface area contributed by atoms with Crippen molar-refractivity contribution in [1.82, 2.24) is 4.98 Å². The highest BCUT2D eigenvalue weighted by atomic mass is 16.5. The van der Waals surface area contributed by atoms with E-state index in [1.54, 1.807) is 12.4 Å². The van der Waals surface area contributed by atoms with Crippen molar-refractivity contribution in [3.8, 4) is 5.75 Å². The van der Waals surface area contributed by atoms with Crippen molar-refractivity contribution in [1.29, 1.82) is 0 Å². The molecule has 2 nitrogen and oxygen atoms in total. The summed E-state index contributed by atoms with van der Waals surface area (Å²) in [5.41, 5.74) is 1.14. The molecule has 1 saturated carbocycles. The summed E-state index contributed by atoms with van der Waals surface area (Å²) in [6.07, 6.45) is 8.21. The summed E-state index contributed by atoms with van der Waals surface area (Å²) in [4.78, 5) is 4.13. The molecule has 1 aromatic heterocycles. The molecule has 18 heavy (non-hydrogen) atoms. The molecule has 0 unspecified atom stereocenters. The second kappa shape index (κ2) is 4.81. The van der Waals surface area contributed by atoms with E-state index in [2.05, 4.69) is 35.3 Å². The Morgan fingerprint density at radius 2 is 1.72 bits per heavy atom. The van der Waals surface area contributed by atoms with Gasteiger partial charge in [-0.2, -0.15) is 0 Å². The maximum absolute atomic E-state index is 6.29. The van der Waals surface area contributed by atoms with Crippen LogP contribution in [0.2, 0.25) is 0 Å². The predicted molar refractivity (Wildman–Crippen MR) is 71.5 cm³/mol. The molecule has 3 rings (SSSR count). The van der Waals surface area contributed by atoms with Crippen LogP contribution in [0, 0.1) is 0 Å². The van der Waals surface area contributed by atoms with E-state index in [0.717, 1.165) is 18.6 Å².